The molecule has 192 valence electrons. The zero-order valence-electron chi connectivity index (χ0n) is 19.2. The molecule has 3 aliphatic heterocycles. The van der Waals surface area contributed by atoms with Crippen LogP contribution < -0.4 is 19.9 Å². The zero-order chi connectivity index (χ0) is 26.3. The quantitative estimate of drug-likeness (QED) is 0.297. The molecule has 3 aliphatic rings. The van der Waals surface area contributed by atoms with Crippen LogP contribution in [0.4, 0.5) is 8.78 Å². The molecule has 3 heterocycles. The Bertz CT molecular complexity index is 1880. The van der Waals surface area contributed by atoms with Crippen LogP contribution in [0.25, 0.3) is 5.57 Å². The molecule has 0 spiro atoms. The van der Waals surface area contributed by atoms with E-state index in [0.29, 0.717) is 23.5 Å². The maximum Gasteiger partial charge on any atom is 0.295 e. The highest BCUT2D eigenvalue weighted by molar-refractivity contribution is 7.86. The van der Waals surface area contributed by atoms with Crippen molar-refractivity contribution in [2.24, 2.45) is 0 Å². The van der Waals surface area contributed by atoms with Crippen LogP contribution in [0, 0.1) is 11.6 Å². The molecule has 0 aliphatic carbocycles. The minimum Gasteiger partial charge on any atom is -0.455 e. The van der Waals surface area contributed by atoms with E-state index in [9.17, 15) is 34.7 Å². The van der Waals surface area contributed by atoms with Crippen molar-refractivity contribution >= 4 is 25.8 Å². The molecule has 3 aromatic rings. The molecule has 2 N–H and O–H groups in total. The Hall–Kier alpha value is -3.19. The number of hydrogen-bond acceptors (Lipinski definition) is 5. The SMILES string of the molecule is O=S(=O)(O)c1ccc(C2=c3cc4c5c(c3Oc3cc(F)c(F)cc32)CCC[N+]=5CCC4)c(S(=O)(=O)O)c1. The van der Waals surface area contributed by atoms with Gasteiger partial charge < -0.3 is 4.74 Å². The molecular formula is C25H20F2NO7S2+. The van der Waals surface area contributed by atoms with Gasteiger partial charge in [-0.2, -0.15) is 16.8 Å². The predicted molar refractivity (Wildman–Crippen MR) is 127 cm³/mol. The summed E-state index contributed by atoms with van der Waals surface area (Å²) in [6, 6.07) is 6.30. The summed E-state index contributed by atoms with van der Waals surface area (Å²) >= 11 is 0. The first-order chi connectivity index (χ1) is 17.4. The third-order valence-electron chi connectivity index (χ3n) is 7.04. The molecule has 0 saturated carbocycles. The average molecular weight is 549 g/mol. The molecule has 0 unspecified atom stereocenters. The van der Waals surface area contributed by atoms with E-state index in [1.165, 1.54) is 0 Å². The summed E-state index contributed by atoms with van der Waals surface area (Å²) in [4.78, 5) is -1.56. The van der Waals surface area contributed by atoms with Crippen molar-refractivity contribution in [3.8, 4) is 11.5 Å². The van der Waals surface area contributed by atoms with Crippen molar-refractivity contribution in [3.05, 3.63) is 80.9 Å². The van der Waals surface area contributed by atoms with Crippen LogP contribution >= 0.6 is 0 Å². The summed E-state index contributed by atoms with van der Waals surface area (Å²) in [6.07, 6.45) is 3.14. The van der Waals surface area contributed by atoms with Gasteiger partial charge in [-0.3, -0.25) is 9.11 Å². The molecule has 0 bridgehead atoms. The van der Waals surface area contributed by atoms with Crippen molar-refractivity contribution in [2.45, 2.75) is 35.5 Å². The van der Waals surface area contributed by atoms with Crippen LogP contribution in [-0.4, -0.2) is 39.0 Å². The van der Waals surface area contributed by atoms with Crippen molar-refractivity contribution in [3.63, 3.8) is 0 Å². The fourth-order valence-electron chi connectivity index (χ4n) is 5.57. The summed E-state index contributed by atoms with van der Waals surface area (Å²) in [5.74, 6) is -2.03. The van der Waals surface area contributed by atoms with Gasteiger partial charge in [0.25, 0.3) is 20.2 Å². The number of fused-ring (bicyclic) bond motifs is 3. The van der Waals surface area contributed by atoms with Crippen molar-refractivity contribution in [1.82, 2.24) is 4.58 Å². The van der Waals surface area contributed by atoms with Crippen LogP contribution in [0.2, 0.25) is 0 Å². The van der Waals surface area contributed by atoms with E-state index in [1.807, 2.05) is 6.07 Å². The van der Waals surface area contributed by atoms with Crippen LogP contribution in [0.3, 0.4) is 0 Å². The van der Waals surface area contributed by atoms with Crippen molar-refractivity contribution in [1.29, 1.82) is 0 Å². The van der Waals surface area contributed by atoms with Gasteiger partial charge in [-0.15, -0.1) is 0 Å². The molecule has 3 aromatic carbocycles. The van der Waals surface area contributed by atoms with Gasteiger partial charge in [0.1, 0.15) is 29.5 Å². The normalized spacial score (nSPS) is 16.5. The van der Waals surface area contributed by atoms with E-state index >= 15 is 0 Å². The maximum atomic E-state index is 14.5. The number of aryl methyl sites for hydroxylation is 1. The monoisotopic (exact) mass is 548 g/mol. The largest absolute Gasteiger partial charge is 0.455 e. The molecule has 8 nitrogen and oxygen atoms in total. The lowest BCUT2D eigenvalue weighted by molar-refractivity contribution is 0.429. The molecule has 0 fully saturated rings. The van der Waals surface area contributed by atoms with E-state index in [1.54, 1.807) is 0 Å². The Morgan fingerprint density at radius 2 is 1.54 bits per heavy atom. The highest BCUT2D eigenvalue weighted by Gasteiger charge is 2.33. The second-order valence-electron chi connectivity index (χ2n) is 9.28. The van der Waals surface area contributed by atoms with Gasteiger partial charge >= 0.3 is 0 Å². The first-order valence-electron chi connectivity index (χ1n) is 11.5. The minimum atomic E-state index is -5.03. The average Bonchev–Trinajstić information content (AvgIpc) is 2.83. The van der Waals surface area contributed by atoms with Crippen molar-refractivity contribution in [2.75, 3.05) is 13.1 Å². The van der Waals surface area contributed by atoms with E-state index < -0.39 is 41.7 Å². The third kappa shape index (κ3) is 3.86. The number of halogens is 2. The van der Waals surface area contributed by atoms with Crippen molar-refractivity contribution < 1.29 is 39.5 Å². The lowest BCUT2D eigenvalue weighted by Gasteiger charge is -2.27. The van der Waals surface area contributed by atoms with E-state index in [4.69, 9.17) is 4.74 Å². The van der Waals surface area contributed by atoms with Gasteiger partial charge in [0.15, 0.2) is 11.6 Å². The molecule has 0 radical (unpaired) electrons. The van der Waals surface area contributed by atoms with Gasteiger partial charge in [0, 0.05) is 46.4 Å². The Morgan fingerprint density at radius 3 is 2.24 bits per heavy atom. The third-order valence-corrected chi connectivity index (χ3v) is 8.79. The zero-order valence-corrected chi connectivity index (χ0v) is 20.8. The lowest BCUT2D eigenvalue weighted by Crippen LogP contribution is -2.45. The first-order valence-corrected chi connectivity index (χ1v) is 14.4. The molecule has 0 saturated heterocycles. The van der Waals surface area contributed by atoms with Gasteiger partial charge in [-0.05, 0) is 37.1 Å². The van der Waals surface area contributed by atoms with Crippen LogP contribution in [0.15, 0.2) is 46.2 Å². The summed E-state index contributed by atoms with van der Waals surface area (Å²) in [5.41, 5.74) is 1.88. The number of nitrogens with zero attached hydrogens (tertiary/aromatic N) is 1. The molecule has 12 heteroatoms. The summed E-state index contributed by atoms with van der Waals surface area (Å²) < 4.78 is 105. The Morgan fingerprint density at radius 1 is 0.838 bits per heavy atom. The molecular weight excluding hydrogens is 528 g/mol. The predicted octanol–water partition coefficient (Wildman–Crippen LogP) is 2.19. The van der Waals surface area contributed by atoms with E-state index in [-0.39, 0.29) is 22.4 Å². The van der Waals surface area contributed by atoms with Gasteiger partial charge in [0.2, 0.25) is 5.36 Å². The smallest absolute Gasteiger partial charge is 0.295 e. The standard InChI is InChI=1S/C25H19F2NO7S2/c26-19-11-17-21(12-20(19)27)35-25-16-4-2-8-28-7-1-3-13(24(16)28)9-18(25)23(17)15-6-5-14(36(29,30)31)10-22(15)37(32,33)34/h5-6,9-12H,1-4,7-8H2,(H-,29,30,31,32,33,34)/p+1. The number of benzene rings is 3. The highest BCUT2D eigenvalue weighted by atomic mass is 32.2. The molecule has 0 amide bonds. The summed E-state index contributed by atoms with van der Waals surface area (Å²) in [6.45, 7) is 1.74. The van der Waals surface area contributed by atoms with Crippen LogP contribution in [-0.2, 0) is 33.1 Å². The number of rotatable bonds is 3. The Labute approximate surface area is 210 Å². The fraction of sp³-hybridized carbons (Fsp3) is 0.240. The topological polar surface area (TPSA) is 121 Å². The maximum absolute atomic E-state index is 14.5. The molecule has 0 aromatic heterocycles. The van der Waals surface area contributed by atoms with Crippen LogP contribution in [0.1, 0.15) is 35.1 Å². The minimum absolute atomic E-state index is 0.0338. The van der Waals surface area contributed by atoms with E-state index in [0.717, 1.165) is 73.1 Å². The number of hydrogen-bond donors (Lipinski definition) is 2. The highest BCUT2D eigenvalue weighted by Crippen LogP contribution is 2.41. The van der Waals surface area contributed by atoms with Gasteiger partial charge in [-0.25, -0.2) is 13.4 Å². The van der Waals surface area contributed by atoms with Crippen LogP contribution in [0.5, 0.6) is 11.5 Å². The Balaban J connectivity index is 1.82. The second-order valence-corrected chi connectivity index (χ2v) is 12.1. The Kier molecular flexibility index (Phi) is 5.33. The molecule has 37 heavy (non-hydrogen) atoms. The first kappa shape index (κ1) is 24.2. The van der Waals surface area contributed by atoms with Gasteiger partial charge in [0.05, 0.1) is 10.5 Å². The summed E-state index contributed by atoms with van der Waals surface area (Å²) in [5, 5.41) is 1.44. The van der Waals surface area contributed by atoms with Gasteiger partial charge in [-0.1, -0.05) is 6.07 Å². The fourth-order valence-corrected chi connectivity index (χ4v) is 6.88. The second kappa shape index (κ2) is 8.15. The van der Waals surface area contributed by atoms with E-state index in [2.05, 4.69) is 4.58 Å². The lowest BCUT2D eigenvalue weighted by atomic mass is 9.87. The number of ether oxygens (including phenoxy) is 1. The molecule has 6 rings (SSSR count). The molecule has 0 atom stereocenters. The summed E-state index contributed by atoms with van der Waals surface area (Å²) in [7, 11) is -9.85.